The third kappa shape index (κ3) is 4.30. The summed E-state index contributed by atoms with van der Waals surface area (Å²) >= 11 is 0. The summed E-state index contributed by atoms with van der Waals surface area (Å²) in [5.41, 5.74) is 19.6. The van der Waals surface area contributed by atoms with Crippen molar-refractivity contribution in [2.45, 2.75) is 19.3 Å². The number of benzene rings is 9. The number of hydrogen-bond donors (Lipinski definition) is 0. The predicted octanol–water partition coefficient (Wildman–Crippen LogP) is 14.4. The number of anilines is 3. The Labute approximate surface area is 332 Å². The van der Waals surface area contributed by atoms with Gasteiger partial charge in [-0.25, -0.2) is 0 Å². The van der Waals surface area contributed by atoms with E-state index in [4.69, 9.17) is 0 Å². The first kappa shape index (κ1) is 32.1. The van der Waals surface area contributed by atoms with Gasteiger partial charge in [0, 0.05) is 33.2 Å². The van der Waals surface area contributed by atoms with Gasteiger partial charge in [0.05, 0.1) is 22.1 Å². The topological polar surface area (TPSA) is 8.17 Å². The van der Waals surface area contributed by atoms with Crippen LogP contribution in [0.5, 0.6) is 0 Å². The molecule has 12 rings (SSSR count). The van der Waals surface area contributed by atoms with Crippen LogP contribution >= 0.6 is 0 Å². The summed E-state index contributed by atoms with van der Waals surface area (Å²) in [4.78, 5) is 2.44. The molecule has 0 N–H and O–H groups in total. The van der Waals surface area contributed by atoms with Crippen molar-refractivity contribution in [3.05, 3.63) is 228 Å². The smallest absolute Gasteiger partial charge is 0.0727 e. The van der Waals surface area contributed by atoms with Gasteiger partial charge in [-0.15, -0.1) is 0 Å². The Bertz CT molecular complexity index is 3180. The number of aromatic nitrogens is 1. The number of rotatable bonds is 4. The van der Waals surface area contributed by atoms with Gasteiger partial charge in [-0.2, -0.15) is 0 Å². The molecule has 0 bridgehead atoms. The molecule has 0 fully saturated rings. The van der Waals surface area contributed by atoms with Gasteiger partial charge >= 0.3 is 0 Å². The minimum atomic E-state index is -0.546. The summed E-state index contributed by atoms with van der Waals surface area (Å²) in [6.45, 7) is 4.40. The van der Waals surface area contributed by atoms with E-state index in [1.807, 2.05) is 0 Å². The lowest BCUT2D eigenvalue weighted by Crippen LogP contribution is -2.26. The highest BCUT2D eigenvalue weighted by Crippen LogP contribution is 2.65. The van der Waals surface area contributed by atoms with E-state index in [0.29, 0.717) is 0 Å². The highest BCUT2D eigenvalue weighted by Gasteiger charge is 2.52. The first-order valence-corrected chi connectivity index (χ1v) is 19.9. The molecule has 0 amide bonds. The van der Waals surface area contributed by atoms with Crippen LogP contribution in [0.3, 0.4) is 0 Å². The Morgan fingerprint density at radius 3 is 1.65 bits per heavy atom. The van der Waals surface area contributed by atoms with Crippen molar-refractivity contribution in [3.8, 4) is 27.9 Å². The van der Waals surface area contributed by atoms with Crippen LogP contribution in [-0.2, 0) is 5.41 Å². The van der Waals surface area contributed by atoms with Gasteiger partial charge in [0.15, 0.2) is 0 Å². The summed E-state index contributed by atoms with van der Waals surface area (Å²) in [5, 5.41) is 5.05. The van der Waals surface area contributed by atoms with Crippen molar-refractivity contribution in [1.29, 1.82) is 0 Å². The average Bonchev–Trinajstić information content (AvgIpc) is 3.86. The number of fused-ring (bicyclic) bond motifs is 15. The van der Waals surface area contributed by atoms with E-state index < -0.39 is 5.41 Å². The Balaban J connectivity index is 1.23. The summed E-state index contributed by atoms with van der Waals surface area (Å²) in [6, 6.07) is 72.5. The highest BCUT2D eigenvalue weighted by atomic mass is 15.1. The van der Waals surface area contributed by atoms with E-state index in [0.717, 1.165) is 11.4 Å². The summed E-state index contributed by atoms with van der Waals surface area (Å²) < 4.78 is 2.51. The molecular weight excluding hydrogens is 689 g/mol. The molecule has 0 radical (unpaired) electrons. The fraction of sp³-hybridized carbons (Fsp3) is 0.0545. The molecule has 2 aliphatic rings. The van der Waals surface area contributed by atoms with Crippen LogP contribution in [0.2, 0.25) is 0 Å². The molecule has 0 unspecified atom stereocenters. The second kappa shape index (κ2) is 11.9. The molecule has 268 valence electrons. The third-order valence-electron chi connectivity index (χ3n) is 12.7. The highest BCUT2D eigenvalue weighted by molar-refractivity contribution is 6.14. The molecule has 0 atom stereocenters. The molecule has 1 aromatic heterocycles. The minimum absolute atomic E-state index is 0.546. The van der Waals surface area contributed by atoms with E-state index in [2.05, 4.69) is 217 Å². The summed E-state index contributed by atoms with van der Waals surface area (Å²) in [5.74, 6) is 0. The molecule has 9 aromatic carbocycles. The molecule has 0 saturated carbocycles. The van der Waals surface area contributed by atoms with Gasteiger partial charge < -0.3 is 9.47 Å². The predicted molar refractivity (Wildman–Crippen MR) is 239 cm³/mol. The van der Waals surface area contributed by atoms with E-state index >= 15 is 0 Å². The van der Waals surface area contributed by atoms with Gasteiger partial charge in [-0.05, 0) is 118 Å². The Hall–Kier alpha value is -7.16. The maximum absolute atomic E-state index is 2.55. The maximum Gasteiger partial charge on any atom is 0.0727 e. The second-order valence-corrected chi connectivity index (χ2v) is 15.8. The average molecular weight is 727 g/mol. The molecule has 2 heteroatoms. The van der Waals surface area contributed by atoms with Crippen LogP contribution in [0.25, 0.3) is 60.5 Å². The molecular formula is C55H38N2. The lowest BCUT2D eigenvalue weighted by atomic mass is 9.70. The van der Waals surface area contributed by atoms with Gasteiger partial charge in [-0.1, -0.05) is 151 Å². The molecule has 57 heavy (non-hydrogen) atoms. The van der Waals surface area contributed by atoms with Crippen LogP contribution in [0.4, 0.5) is 17.1 Å². The first-order valence-electron chi connectivity index (χ1n) is 19.9. The van der Waals surface area contributed by atoms with Gasteiger partial charge in [-0.3, -0.25) is 0 Å². The number of aryl methyl sites for hydroxylation is 2. The molecule has 1 spiro atoms. The zero-order valence-electron chi connectivity index (χ0n) is 31.9. The van der Waals surface area contributed by atoms with Crippen LogP contribution in [0.15, 0.2) is 194 Å². The van der Waals surface area contributed by atoms with Gasteiger partial charge in [0.1, 0.15) is 0 Å². The quantitative estimate of drug-likeness (QED) is 0.175. The van der Waals surface area contributed by atoms with Gasteiger partial charge in [0.2, 0.25) is 0 Å². The fourth-order valence-corrected chi connectivity index (χ4v) is 10.5. The number of para-hydroxylation sites is 3. The summed E-state index contributed by atoms with van der Waals surface area (Å²) in [7, 11) is 0. The van der Waals surface area contributed by atoms with E-state index in [9.17, 15) is 0 Å². The molecule has 2 aliphatic carbocycles. The largest absolute Gasteiger partial charge is 0.310 e. The van der Waals surface area contributed by atoms with Crippen LogP contribution < -0.4 is 4.90 Å². The van der Waals surface area contributed by atoms with Crippen molar-refractivity contribution in [1.82, 2.24) is 4.57 Å². The Morgan fingerprint density at radius 1 is 0.404 bits per heavy atom. The monoisotopic (exact) mass is 726 g/mol. The molecule has 0 aliphatic heterocycles. The number of nitrogens with zero attached hydrogens (tertiary/aromatic N) is 2. The SMILES string of the molecule is Cc1ccc(N(c2ccccc2)c2ccc3c(c2)C2(c4ccccc4-c4ccccc42)c2cc(-n4c5ccccc5c5ccccc54)c4ccccc4c2-3)c(C)c1. The lowest BCUT2D eigenvalue weighted by molar-refractivity contribution is 0.793. The van der Waals surface area contributed by atoms with Crippen LogP contribution in [0, 0.1) is 13.8 Å². The van der Waals surface area contributed by atoms with E-state index in [1.54, 1.807) is 0 Å². The minimum Gasteiger partial charge on any atom is -0.310 e. The second-order valence-electron chi connectivity index (χ2n) is 15.8. The summed E-state index contributed by atoms with van der Waals surface area (Å²) in [6.07, 6.45) is 0. The molecule has 1 heterocycles. The molecule has 10 aromatic rings. The standard InChI is InChI=1S/C55H38N2/c1-35-28-31-50(36(2)32-35)56(37-16-4-3-5-17-37)38-29-30-45-48(33-38)55(46-24-12-8-18-39(46)40-19-9-13-25-47(40)55)49-34-53(43-22-6-7-23-44(43)54(45)49)57-51-26-14-10-20-41(51)42-21-11-15-27-52(42)57/h3-34H,1-2H3. The fourth-order valence-electron chi connectivity index (χ4n) is 10.5. The maximum atomic E-state index is 2.55. The zero-order chi connectivity index (χ0) is 37.8. The van der Waals surface area contributed by atoms with E-state index in [-0.39, 0.29) is 0 Å². The third-order valence-corrected chi connectivity index (χ3v) is 12.7. The molecule has 0 saturated heterocycles. The zero-order valence-corrected chi connectivity index (χ0v) is 31.9. The normalized spacial score (nSPS) is 13.2. The molecule has 2 nitrogen and oxygen atoms in total. The van der Waals surface area contributed by atoms with Crippen molar-refractivity contribution < 1.29 is 0 Å². The van der Waals surface area contributed by atoms with Crippen LogP contribution in [0.1, 0.15) is 33.4 Å². The number of hydrogen-bond acceptors (Lipinski definition) is 1. The lowest BCUT2D eigenvalue weighted by Gasteiger charge is -2.33. The Morgan fingerprint density at radius 2 is 0.982 bits per heavy atom. The van der Waals surface area contributed by atoms with Crippen molar-refractivity contribution in [2.24, 2.45) is 0 Å². The van der Waals surface area contributed by atoms with Gasteiger partial charge in [0.25, 0.3) is 0 Å². The van der Waals surface area contributed by atoms with Crippen molar-refractivity contribution in [3.63, 3.8) is 0 Å². The Kier molecular flexibility index (Phi) is 6.72. The van der Waals surface area contributed by atoms with Crippen LogP contribution in [-0.4, -0.2) is 4.57 Å². The van der Waals surface area contributed by atoms with E-state index in [1.165, 1.54) is 99.6 Å². The van der Waals surface area contributed by atoms with Crippen molar-refractivity contribution in [2.75, 3.05) is 4.90 Å². The van der Waals surface area contributed by atoms with Crippen molar-refractivity contribution >= 4 is 49.6 Å². The first-order chi connectivity index (χ1) is 28.1.